The molecule has 4 rings (SSSR count). The first-order chi connectivity index (χ1) is 15.0. The van der Waals surface area contributed by atoms with E-state index in [9.17, 15) is 9.59 Å². The average Bonchev–Trinajstić information content (AvgIpc) is 3.46. The molecule has 1 saturated carbocycles. The molecule has 1 aromatic carbocycles. The van der Waals surface area contributed by atoms with Crippen LogP contribution in [0.2, 0.25) is 0 Å². The summed E-state index contributed by atoms with van der Waals surface area (Å²) in [7, 11) is 0. The van der Waals surface area contributed by atoms with Crippen LogP contribution >= 0.6 is 11.3 Å². The van der Waals surface area contributed by atoms with Gasteiger partial charge in [-0.2, -0.15) is 5.10 Å². The van der Waals surface area contributed by atoms with Gasteiger partial charge in [-0.1, -0.05) is 51.0 Å². The van der Waals surface area contributed by atoms with Crippen molar-refractivity contribution in [1.82, 2.24) is 15.1 Å². The van der Waals surface area contributed by atoms with Crippen molar-refractivity contribution < 1.29 is 14.3 Å². The number of ether oxygens (including phenoxy) is 1. The molecule has 3 aromatic rings. The smallest absolute Gasteiger partial charge is 0.342 e. The van der Waals surface area contributed by atoms with Gasteiger partial charge in [-0.25, -0.2) is 9.48 Å². The van der Waals surface area contributed by atoms with Crippen LogP contribution in [0.1, 0.15) is 43.5 Å². The lowest BCUT2D eigenvalue weighted by Gasteiger charge is -2.34. The highest BCUT2D eigenvalue weighted by Gasteiger charge is 2.28. The molecule has 0 bridgehead atoms. The first-order valence-corrected chi connectivity index (χ1v) is 11.6. The highest BCUT2D eigenvalue weighted by atomic mass is 32.1. The van der Waals surface area contributed by atoms with Gasteiger partial charge in [0.25, 0.3) is 5.91 Å². The molecule has 1 amide bonds. The summed E-state index contributed by atoms with van der Waals surface area (Å²) in [4.78, 5) is 26.2. The minimum Gasteiger partial charge on any atom is -0.452 e. The van der Waals surface area contributed by atoms with Crippen LogP contribution in [-0.2, 0) is 9.53 Å². The maximum atomic E-state index is 12.9. The van der Waals surface area contributed by atoms with E-state index in [1.807, 2.05) is 47.8 Å². The molecule has 0 radical (unpaired) electrons. The molecule has 6 nitrogen and oxygen atoms in total. The van der Waals surface area contributed by atoms with Gasteiger partial charge in [-0.3, -0.25) is 4.79 Å². The van der Waals surface area contributed by atoms with Gasteiger partial charge >= 0.3 is 5.97 Å². The van der Waals surface area contributed by atoms with Crippen molar-refractivity contribution in [3.05, 3.63) is 59.6 Å². The Balaban J connectivity index is 1.46. The Morgan fingerprint density at radius 3 is 2.71 bits per heavy atom. The molecule has 2 heterocycles. The second-order valence-electron chi connectivity index (χ2n) is 8.17. The molecule has 7 heteroatoms. The van der Waals surface area contributed by atoms with Crippen molar-refractivity contribution in [2.45, 2.75) is 39.2 Å². The molecule has 2 aromatic heterocycles. The lowest BCUT2D eigenvalue weighted by molar-refractivity contribution is -0.125. The molecule has 0 saturated heterocycles. The van der Waals surface area contributed by atoms with E-state index in [4.69, 9.17) is 4.74 Å². The second-order valence-corrected chi connectivity index (χ2v) is 9.11. The molecular weight excluding hydrogens is 410 g/mol. The summed E-state index contributed by atoms with van der Waals surface area (Å²) in [5, 5.41) is 9.59. The van der Waals surface area contributed by atoms with Crippen LogP contribution in [0.3, 0.4) is 0 Å². The van der Waals surface area contributed by atoms with Gasteiger partial charge in [0.15, 0.2) is 6.61 Å². The van der Waals surface area contributed by atoms with Crippen LogP contribution in [0.25, 0.3) is 16.3 Å². The van der Waals surface area contributed by atoms with Crippen LogP contribution in [0.4, 0.5) is 0 Å². The predicted octanol–water partition coefficient (Wildman–Crippen LogP) is 4.70. The van der Waals surface area contributed by atoms with E-state index in [2.05, 4.69) is 24.3 Å². The number of rotatable bonds is 6. The summed E-state index contributed by atoms with van der Waals surface area (Å²) in [5.74, 6) is 0.194. The number of carbonyl (C=O) groups is 2. The molecule has 0 spiro atoms. The molecule has 1 fully saturated rings. The molecule has 3 atom stereocenters. The van der Waals surface area contributed by atoms with Crippen LogP contribution < -0.4 is 5.32 Å². The monoisotopic (exact) mass is 437 g/mol. The molecule has 1 N–H and O–H groups in total. The number of amides is 1. The molecule has 162 valence electrons. The maximum Gasteiger partial charge on any atom is 0.342 e. The van der Waals surface area contributed by atoms with Crippen LogP contribution in [0, 0.1) is 11.8 Å². The third-order valence-corrected chi connectivity index (χ3v) is 6.97. The van der Waals surface area contributed by atoms with Gasteiger partial charge in [-0.15, -0.1) is 11.3 Å². The normalized spacial score (nSPS) is 20.9. The van der Waals surface area contributed by atoms with E-state index in [1.54, 1.807) is 10.9 Å². The van der Waals surface area contributed by atoms with Crippen LogP contribution in [0.15, 0.2) is 54.0 Å². The average molecular weight is 438 g/mol. The number of thiophene rings is 1. The van der Waals surface area contributed by atoms with Gasteiger partial charge < -0.3 is 10.1 Å². The third-order valence-electron chi connectivity index (χ3n) is 6.10. The number of esters is 1. The van der Waals surface area contributed by atoms with Gasteiger partial charge in [0.2, 0.25) is 0 Å². The van der Waals surface area contributed by atoms with Crippen molar-refractivity contribution in [3.63, 3.8) is 0 Å². The lowest BCUT2D eigenvalue weighted by atomic mass is 9.78. The van der Waals surface area contributed by atoms with Crippen molar-refractivity contribution in [2.24, 2.45) is 11.8 Å². The molecule has 1 aliphatic rings. The fourth-order valence-electron chi connectivity index (χ4n) is 4.07. The van der Waals surface area contributed by atoms with E-state index >= 15 is 0 Å². The number of nitrogens with one attached hydrogen (secondary N) is 1. The first kappa shape index (κ1) is 21.3. The molecule has 0 unspecified atom stereocenters. The summed E-state index contributed by atoms with van der Waals surface area (Å²) in [5.41, 5.74) is 1.75. The lowest BCUT2D eigenvalue weighted by Crippen LogP contribution is -2.45. The van der Waals surface area contributed by atoms with Crippen molar-refractivity contribution >= 4 is 23.2 Å². The Labute approximate surface area is 186 Å². The zero-order valence-electron chi connectivity index (χ0n) is 17.8. The fraction of sp³-hybridized carbons (Fsp3) is 0.375. The first-order valence-electron chi connectivity index (χ1n) is 10.7. The quantitative estimate of drug-likeness (QED) is 0.568. The SMILES string of the molecule is C[C@H]1[C@@H](NC(=O)COC(=O)c2cn(-c3ccccc3)nc2-c2cccs2)CCC[C@@H]1C. The molecule has 0 aliphatic heterocycles. The van der Waals surface area contributed by atoms with E-state index in [-0.39, 0.29) is 18.6 Å². The number of para-hydroxylation sites is 1. The number of hydrogen-bond donors (Lipinski definition) is 1. The highest BCUT2D eigenvalue weighted by molar-refractivity contribution is 7.13. The van der Waals surface area contributed by atoms with E-state index in [0.29, 0.717) is 23.1 Å². The van der Waals surface area contributed by atoms with E-state index in [0.717, 1.165) is 23.4 Å². The van der Waals surface area contributed by atoms with Gasteiger partial charge in [0.05, 0.1) is 10.6 Å². The summed E-state index contributed by atoms with van der Waals surface area (Å²) >= 11 is 1.50. The topological polar surface area (TPSA) is 73.2 Å². The van der Waals surface area contributed by atoms with Gasteiger partial charge in [0, 0.05) is 12.2 Å². The minimum absolute atomic E-state index is 0.137. The summed E-state index contributed by atoms with van der Waals surface area (Å²) < 4.78 is 7.05. The summed E-state index contributed by atoms with van der Waals surface area (Å²) in [6.07, 6.45) is 4.94. The fourth-order valence-corrected chi connectivity index (χ4v) is 4.80. The zero-order valence-corrected chi connectivity index (χ0v) is 18.6. The largest absolute Gasteiger partial charge is 0.452 e. The molecule has 1 aliphatic carbocycles. The maximum absolute atomic E-state index is 12.9. The van der Waals surface area contributed by atoms with Crippen molar-refractivity contribution in [2.75, 3.05) is 6.61 Å². The second kappa shape index (κ2) is 9.47. The van der Waals surface area contributed by atoms with E-state index in [1.165, 1.54) is 17.8 Å². The number of carbonyl (C=O) groups excluding carboxylic acids is 2. The Bertz CT molecular complexity index is 1030. The number of nitrogens with zero attached hydrogens (tertiary/aromatic N) is 2. The molecular formula is C24H27N3O3S. The van der Waals surface area contributed by atoms with E-state index < -0.39 is 5.97 Å². The summed E-state index contributed by atoms with van der Waals surface area (Å²) in [6.45, 7) is 4.10. The van der Waals surface area contributed by atoms with Crippen LogP contribution in [0.5, 0.6) is 0 Å². The Morgan fingerprint density at radius 2 is 1.97 bits per heavy atom. The summed E-state index contributed by atoms with van der Waals surface area (Å²) in [6, 6.07) is 13.6. The number of aromatic nitrogens is 2. The Kier molecular flexibility index (Phi) is 6.51. The van der Waals surface area contributed by atoms with Crippen molar-refractivity contribution in [1.29, 1.82) is 0 Å². The van der Waals surface area contributed by atoms with Gasteiger partial charge in [0.1, 0.15) is 11.3 Å². The Morgan fingerprint density at radius 1 is 1.16 bits per heavy atom. The van der Waals surface area contributed by atoms with Gasteiger partial charge in [-0.05, 0) is 41.8 Å². The van der Waals surface area contributed by atoms with Crippen LogP contribution in [-0.4, -0.2) is 34.3 Å². The number of hydrogen-bond acceptors (Lipinski definition) is 5. The van der Waals surface area contributed by atoms with Crippen molar-refractivity contribution in [3.8, 4) is 16.3 Å². The zero-order chi connectivity index (χ0) is 21.8. The minimum atomic E-state index is -0.550. The standard InChI is InChI=1S/C24H27N3O3S/c1-16-8-6-11-20(17(16)2)25-22(28)15-30-24(29)19-14-27(18-9-4-3-5-10-18)26-23(19)21-12-7-13-31-21/h3-5,7,9-10,12-14,16-17,20H,6,8,11,15H2,1-2H3,(H,25,28)/t16-,17+,20-/m0/s1. The third kappa shape index (κ3) is 4.88. The number of benzene rings is 1. The Hall–Kier alpha value is -2.93. The molecule has 31 heavy (non-hydrogen) atoms. The highest BCUT2D eigenvalue weighted by Crippen LogP contribution is 2.30. The predicted molar refractivity (Wildman–Crippen MR) is 121 cm³/mol.